The van der Waals surface area contributed by atoms with Crippen LogP contribution in [0.25, 0.3) is 0 Å². The van der Waals surface area contributed by atoms with Crippen LogP contribution in [0.5, 0.6) is 0 Å². The summed E-state index contributed by atoms with van der Waals surface area (Å²) in [6.07, 6.45) is 1.49. The van der Waals surface area contributed by atoms with E-state index >= 15 is 0 Å². The van der Waals surface area contributed by atoms with Crippen molar-refractivity contribution in [2.75, 3.05) is 6.54 Å². The molecule has 2 amide bonds. The van der Waals surface area contributed by atoms with Crippen molar-refractivity contribution in [3.63, 3.8) is 0 Å². The van der Waals surface area contributed by atoms with Gasteiger partial charge in [0, 0.05) is 31.8 Å². The van der Waals surface area contributed by atoms with Crippen molar-refractivity contribution in [3.8, 4) is 0 Å². The zero-order valence-corrected chi connectivity index (χ0v) is 11.0. The first kappa shape index (κ1) is 12.2. The molecule has 3 rings (SSSR count). The van der Waals surface area contributed by atoms with Crippen molar-refractivity contribution in [1.82, 2.24) is 10.2 Å². The van der Waals surface area contributed by atoms with Crippen LogP contribution in [0, 0.1) is 0 Å². The molecule has 1 aromatic carbocycles. The van der Waals surface area contributed by atoms with E-state index in [0.717, 1.165) is 6.42 Å². The number of carbonyl (C=O) groups is 2. The predicted molar refractivity (Wildman–Crippen MR) is 71.5 cm³/mol. The summed E-state index contributed by atoms with van der Waals surface area (Å²) in [6, 6.07) is 10.6. The van der Waals surface area contributed by atoms with Gasteiger partial charge in [0.2, 0.25) is 11.8 Å². The van der Waals surface area contributed by atoms with Crippen LogP contribution >= 0.6 is 0 Å². The molecule has 0 spiro atoms. The summed E-state index contributed by atoms with van der Waals surface area (Å²) in [5, 5.41) is 2.84. The number of benzene rings is 1. The van der Waals surface area contributed by atoms with Crippen molar-refractivity contribution in [1.29, 1.82) is 0 Å². The summed E-state index contributed by atoms with van der Waals surface area (Å²) in [4.78, 5) is 25.0. The van der Waals surface area contributed by atoms with Gasteiger partial charge in [-0.2, -0.15) is 0 Å². The maximum atomic E-state index is 12.0. The van der Waals surface area contributed by atoms with Crippen LogP contribution in [-0.2, 0) is 9.59 Å². The second-order valence-corrected chi connectivity index (χ2v) is 5.47. The predicted octanol–water partition coefficient (Wildman–Crippen LogP) is 1.28. The molecule has 0 aromatic heterocycles. The highest BCUT2D eigenvalue weighted by atomic mass is 16.2. The molecule has 2 aliphatic rings. The molecule has 1 saturated carbocycles. The molecule has 1 saturated heterocycles. The van der Waals surface area contributed by atoms with Gasteiger partial charge in [0.1, 0.15) is 0 Å². The first-order valence-electron chi connectivity index (χ1n) is 6.76. The van der Waals surface area contributed by atoms with Crippen LogP contribution in [0.2, 0.25) is 0 Å². The zero-order chi connectivity index (χ0) is 13.4. The Labute approximate surface area is 112 Å². The number of amides is 2. The lowest BCUT2D eigenvalue weighted by atomic mass is 10.1. The SMILES string of the molecule is CC(=O)N[C@@H]1CC(=O)N([C@@H]2C[C@@H]2c2ccccc2)C1. The van der Waals surface area contributed by atoms with Crippen molar-refractivity contribution >= 4 is 11.8 Å². The largest absolute Gasteiger partial charge is 0.351 e. The first-order valence-corrected chi connectivity index (χ1v) is 6.76. The fraction of sp³-hybridized carbons (Fsp3) is 0.467. The maximum absolute atomic E-state index is 12.0. The van der Waals surface area contributed by atoms with Gasteiger partial charge in [0.05, 0.1) is 6.04 Å². The van der Waals surface area contributed by atoms with Gasteiger partial charge in [0.15, 0.2) is 0 Å². The summed E-state index contributed by atoms with van der Waals surface area (Å²) < 4.78 is 0. The molecule has 1 aliphatic carbocycles. The van der Waals surface area contributed by atoms with Crippen LogP contribution in [0.3, 0.4) is 0 Å². The fourth-order valence-corrected chi connectivity index (χ4v) is 3.02. The number of likely N-dealkylation sites (tertiary alicyclic amines) is 1. The van der Waals surface area contributed by atoms with Gasteiger partial charge in [-0.25, -0.2) is 0 Å². The highest BCUT2D eigenvalue weighted by molar-refractivity contribution is 5.82. The number of nitrogens with one attached hydrogen (secondary N) is 1. The Balaban J connectivity index is 1.63. The lowest BCUT2D eigenvalue weighted by Crippen LogP contribution is -2.36. The van der Waals surface area contributed by atoms with Gasteiger partial charge >= 0.3 is 0 Å². The second-order valence-electron chi connectivity index (χ2n) is 5.47. The van der Waals surface area contributed by atoms with Crippen LogP contribution < -0.4 is 5.32 Å². The highest BCUT2D eigenvalue weighted by Gasteiger charge is 2.47. The van der Waals surface area contributed by atoms with Gasteiger partial charge in [0.25, 0.3) is 0 Å². The van der Waals surface area contributed by atoms with Gasteiger partial charge in [-0.3, -0.25) is 9.59 Å². The number of hydrogen-bond acceptors (Lipinski definition) is 2. The molecule has 1 N–H and O–H groups in total. The summed E-state index contributed by atoms with van der Waals surface area (Å²) in [7, 11) is 0. The smallest absolute Gasteiger partial charge is 0.225 e. The minimum absolute atomic E-state index is 0.0120. The van der Waals surface area contributed by atoms with Gasteiger partial charge in [-0.05, 0) is 12.0 Å². The Morgan fingerprint density at radius 1 is 1.32 bits per heavy atom. The molecule has 3 atom stereocenters. The summed E-state index contributed by atoms with van der Waals surface area (Å²) in [5.41, 5.74) is 1.31. The van der Waals surface area contributed by atoms with Crippen LogP contribution in [0.4, 0.5) is 0 Å². The molecule has 4 nitrogen and oxygen atoms in total. The molecule has 4 heteroatoms. The third-order valence-electron chi connectivity index (χ3n) is 3.95. The van der Waals surface area contributed by atoms with Crippen LogP contribution in [-0.4, -0.2) is 35.3 Å². The summed E-state index contributed by atoms with van der Waals surface area (Å²) in [6.45, 7) is 2.16. The number of hydrogen-bond donors (Lipinski definition) is 1. The Bertz CT molecular complexity index is 500. The molecule has 100 valence electrons. The van der Waals surface area contributed by atoms with Crippen molar-refractivity contribution in [2.24, 2.45) is 0 Å². The molecule has 1 heterocycles. The molecule has 2 fully saturated rings. The molecule has 0 radical (unpaired) electrons. The molecule has 1 aromatic rings. The molecule has 0 unspecified atom stereocenters. The molecular formula is C15H18N2O2. The van der Waals surface area contributed by atoms with Crippen molar-refractivity contribution in [3.05, 3.63) is 35.9 Å². The van der Waals surface area contributed by atoms with Crippen molar-refractivity contribution < 1.29 is 9.59 Å². The summed E-state index contributed by atoms with van der Waals surface area (Å²) in [5.74, 6) is 0.582. The molecule has 19 heavy (non-hydrogen) atoms. The van der Waals surface area contributed by atoms with Gasteiger partial charge < -0.3 is 10.2 Å². The highest BCUT2D eigenvalue weighted by Crippen LogP contribution is 2.45. The van der Waals surface area contributed by atoms with E-state index in [-0.39, 0.29) is 17.9 Å². The maximum Gasteiger partial charge on any atom is 0.225 e. The quantitative estimate of drug-likeness (QED) is 0.888. The second kappa shape index (κ2) is 4.68. The average molecular weight is 258 g/mol. The first-order chi connectivity index (χ1) is 9.15. The van der Waals surface area contributed by atoms with E-state index in [1.165, 1.54) is 12.5 Å². The van der Waals surface area contributed by atoms with E-state index in [1.807, 2.05) is 23.1 Å². The Hall–Kier alpha value is -1.84. The van der Waals surface area contributed by atoms with Gasteiger partial charge in [-0.15, -0.1) is 0 Å². The zero-order valence-electron chi connectivity index (χ0n) is 11.0. The van der Waals surface area contributed by atoms with Crippen molar-refractivity contribution in [2.45, 2.75) is 37.8 Å². The Morgan fingerprint density at radius 3 is 2.74 bits per heavy atom. The van der Waals surface area contributed by atoms with E-state index in [4.69, 9.17) is 0 Å². The third kappa shape index (κ3) is 2.48. The normalized spacial score (nSPS) is 29.4. The van der Waals surface area contributed by atoms with E-state index in [1.54, 1.807) is 0 Å². The summed E-state index contributed by atoms with van der Waals surface area (Å²) >= 11 is 0. The van der Waals surface area contributed by atoms with Crippen LogP contribution in [0.1, 0.15) is 31.2 Å². The molecule has 1 aliphatic heterocycles. The van der Waals surface area contributed by atoms with Crippen LogP contribution in [0.15, 0.2) is 30.3 Å². The van der Waals surface area contributed by atoms with E-state index < -0.39 is 0 Å². The minimum Gasteiger partial charge on any atom is -0.351 e. The topological polar surface area (TPSA) is 49.4 Å². The Kier molecular flexibility index (Phi) is 3.01. The van der Waals surface area contributed by atoms with E-state index in [9.17, 15) is 9.59 Å². The van der Waals surface area contributed by atoms with Gasteiger partial charge in [-0.1, -0.05) is 30.3 Å². The van der Waals surface area contributed by atoms with E-state index in [2.05, 4.69) is 17.4 Å². The average Bonchev–Trinajstić information content (AvgIpc) is 3.09. The fourth-order valence-electron chi connectivity index (χ4n) is 3.02. The third-order valence-corrected chi connectivity index (χ3v) is 3.95. The molecular weight excluding hydrogens is 240 g/mol. The van der Waals surface area contributed by atoms with E-state index in [0.29, 0.717) is 24.9 Å². The number of rotatable bonds is 3. The monoisotopic (exact) mass is 258 g/mol. The molecule has 0 bridgehead atoms. The minimum atomic E-state index is -0.0601. The standard InChI is InChI=1S/C15H18N2O2/c1-10(18)16-12-7-15(19)17(9-12)14-8-13(14)11-5-3-2-4-6-11/h2-6,12-14H,7-9H2,1H3,(H,16,18)/t12-,13-,14-/m1/s1. The number of nitrogens with zero attached hydrogens (tertiary/aromatic N) is 1. The number of carbonyl (C=O) groups excluding carboxylic acids is 2. The lowest BCUT2D eigenvalue weighted by Gasteiger charge is -2.17. The lowest BCUT2D eigenvalue weighted by molar-refractivity contribution is -0.128. The Morgan fingerprint density at radius 2 is 2.05 bits per heavy atom.